The fourth-order valence-corrected chi connectivity index (χ4v) is 4.04. The van der Waals surface area contributed by atoms with E-state index in [2.05, 4.69) is 29.4 Å². The minimum atomic E-state index is -0.646. The van der Waals surface area contributed by atoms with Crippen LogP contribution >= 0.6 is 22.9 Å². The highest BCUT2D eigenvalue weighted by Crippen LogP contribution is 2.29. The van der Waals surface area contributed by atoms with Crippen LogP contribution in [0.1, 0.15) is 43.4 Å². The van der Waals surface area contributed by atoms with Crippen LogP contribution in [0.5, 0.6) is 5.75 Å². The summed E-state index contributed by atoms with van der Waals surface area (Å²) in [5.41, 5.74) is 4.06. The molecule has 3 rings (SSSR count). The number of nitrogens with zero attached hydrogens (tertiary/aromatic N) is 1. The number of aryl methyl sites for hydroxylation is 3. The molecule has 1 amide bonds. The van der Waals surface area contributed by atoms with Gasteiger partial charge in [-0.15, -0.1) is 0 Å². The molecule has 0 spiro atoms. The van der Waals surface area contributed by atoms with Gasteiger partial charge in [0, 0.05) is 5.02 Å². The van der Waals surface area contributed by atoms with Crippen LogP contribution in [-0.2, 0) is 11.2 Å². The molecule has 0 saturated carbocycles. The Balaban J connectivity index is 1.68. The highest BCUT2D eigenvalue weighted by molar-refractivity contribution is 7.22. The highest BCUT2D eigenvalue weighted by Gasteiger charge is 2.18. The summed E-state index contributed by atoms with van der Waals surface area (Å²) in [5, 5.41) is 4.18. The molecule has 4 nitrogen and oxygen atoms in total. The van der Waals surface area contributed by atoms with Crippen LogP contribution < -0.4 is 10.1 Å². The van der Waals surface area contributed by atoms with Gasteiger partial charge in [0.25, 0.3) is 5.91 Å². The molecule has 28 heavy (non-hydrogen) atoms. The third-order valence-electron chi connectivity index (χ3n) is 4.59. The molecule has 0 aliphatic rings. The lowest BCUT2D eigenvalue weighted by Crippen LogP contribution is -2.30. The molecule has 0 saturated heterocycles. The van der Waals surface area contributed by atoms with Gasteiger partial charge in [-0.1, -0.05) is 42.3 Å². The zero-order valence-corrected chi connectivity index (χ0v) is 18.2. The van der Waals surface area contributed by atoms with E-state index in [0.717, 1.165) is 32.8 Å². The number of aromatic nitrogens is 1. The number of fused-ring (bicyclic) bond motifs is 1. The van der Waals surface area contributed by atoms with E-state index in [4.69, 9.17) is 16.3 Å². The Hall–Kier alpha value is -2.11. The fourth-order valence-electron chi connectivity index (χ4n) is 3.00. The fraction of sp³-hybridized carbons (Fsp3) is 0.364. The van der Waals surface area contributed by atoms with E-state index < -0.39 is 6.10 Å². The second kappa shape index (κ2) is 8.93. The number of hydrogen-bond acceptors (Lipinski definition) is 4. The van der Waals surface area contributed by atoms with Crippen molar-refractivity contribution in [3.63, 3.8) is 0 Å². The van der Waals surface area contributed by atoms with Crippen LogP contribution in [0.25, 0.3) is 10.2 Å². The Bertz CT molecular complexity index is 976. The number of thiazole rings is 1. The van der Waals surface area contributed by atoms with Gasteiger partial charge in [-0.25, -0.2) is 4.98 Å². The molecule has 1 heterocycles. The van der Waals surface area contributed by atoms with E-state index >= 15 is 0 Å². The van der Waals surface area contributed by atoms with Gasteiger partial charge in [0.15, 0.2) is 11.2 Å². The van der Waals surface area contributed by atoms with Gasteiger partial charge in [-0.3, -0.25) is 10.1 Å². The molecule has 3 aromatic rings. The minimum Gasteiger partial charge on any atom is -0.481 e. The van der Waals surface area contributed by atoms with Crippen molar-refractivity contribution >= 4 is 44.2 Å². The molecular weight excluding hydrogens is 392 g/mol. The second-order valence-electron chi connectivity index (χ2n) is 7.05. The maximum atomic E-state index is 12.5. The average molecular weight is 417 g/mol. The molecule has 1 atom stereocenters. The quantitative estimate of drug-likeness (QED) is 0.490. The third-order valence-corrected chi connectivity index (χ3v) is 6.12. The van der Waals surface area contributed by atoms with Crippen molar-refractivity contribution in [2.24, 2.45) is 0 Å². The van der Waals surface area contributed by atoms with Crippen LogP contribution in [0.15, 0.2) is 30.3 Å². The summed E-state index contributed by atoms with van der Waals surface area (Å²) in [6.07, 6.45) is 2.77. The van der Waals surface area contributed by atoms with Gasteiger partial charge < -0.3 is 4.74 Å². The van der Waals surface area contributed by atoms with Crippen molar-refractivity contribution in [1.29, 1.82) is 0 Å². The predicted octanol–water partition coefficient (Wildman–Crippen LogP) is 6.32. The average Bonchev–Trinajstić information content (AvgIpc) is 3.05. The number of benzene rings is 2. The summed E-state index contributed by atoms with van der Waals surface area (Å²) in [7, 11) is 0. The zero-order chi connectivity index (χ0) is 20.3. The standard InChI is InChI=1S/C22H25ClN2O2S/c1-5-6-7-16-8-9-18-19(12-16)28-22(24-18)25-21(26)15(4)27-17-10-13(2)20(23)14(3)11-17/h8-12,15H,5-7H2,1-4H3,(H,24,25,26). The van der Waals surface area contributed by atoms with E-state index in [1.54, 1.807) is 6.92 Å². The zero-order valence-electron chi connectivity index (χ0n) is 16.6. The van der Waals surface area contributed by atoms with E-state index in [9.17, 15) is 4.79 Å². The van der Waals surface area contributed by atoms with E-state index in [1.807, 2.05) is 32.0 Å². The van der Waals surface area contributed by atoms with E-state index in [-0.39, 0.29) is 5.91 Å². The normalized spacial score (nSPS) is 12.2. The molecule has 2 aromatic carbocycles. The first-order chi connectivity index (χ1) is 13.4. The van der Waals surface area contributed by atoms with Crippen molar-refractivity contribution in [1.82, 2.24) is 4.98 Å². The van der Waals surface area contributed by atoms with Gasteiger partial charge in [0.1, 0.15) is 5.75 Å². The molecular formula is C22H25ClN2O2S. The molecule has 0 fully saturated rings. The van der Waals surface area contributed by atoms with E-state index in [0.29, 0.717) is 10.9 Å². The van der Waals surface area contributed by atoms with Gasteiger partial charge >= 0.3 is 0 Å². The number of ether oxygens (including phenoxy) is 1. The topological polar surface area (TPSA) is 51.2 Å². The lowest BCUT2D eigenvalue weighted by atomic mass is 10.1. The maximum Gasteiger partial charge on any atom is 0.266 e. The van der Waals surface area contributed by atoms with E-state index in [1.165, 1.54) is 29.7 Å². The molecule has 0 aliphatic heterocycles. The van der Waals surface area contributed by atoms with Crippen molar-refractivity contribution in [3.05, 3.63) is 52.0 Å². The molecule has 148 valence electrons. The Labute approximate surface area is 174 Å². The van der Waals surface area contributed by atoms with Crippen molar-refractivity contribution < 1.29 is 9.53 Å². The maximum absolute atomic E-state index is 12.5. The number of unbranched alkanes of at least 4 members (excludes halogenated alkanes) is 1. The SMILES string of the molecule is CCCCc1ccc2nc(NC(=O)C(C)Oc3cc(C)c(Cl)c(C)c3)sc2c1. The largest absolute Gasteiger partial charge is 0.481 e. The number of anilines is 1. The number of hydrogen-bond donors (Lipinski definition) is 1. The summed E-state index contributed by atoms with van der Waals surface area (Å²) in [6.45, 7) is 7.76. The third kappa shape index (κ3) is 4.83. The summed E-state index contributed by atoms with van der Waals surface area (Å²) >= 11 is 7.68. The van der Waals surface area contributed by atoms with Crippen LogP contribution in [0.4, 0.5) is 5.13 Å². The number of nitrogens with one attached hydrogen (secondary N) is 1. The van der Waals surface area contributed by atoms with Crippen LogP contribution in [-0.4, -0.2) is 17.0 Å². The lowest BCUT2D eigenvalue weighted by Gasteiger charge is -2.15. The number of carbonyl (C=O) groups is 1. The Morgan fingerprint density at radius 2 is 1.96 bits per heavy atom. The first-order valence-electron chi connectivity index (χ1n) is 9.51. The Morgan fingerprint density at radius 3 is 2.64 bits per heavy atom. The first-order valence-corrected chi connectivity index (χ1v) is 10.7. The summed E-state index contributed by atoms with van der Waals surface area (Å²) in [4.78, 5) is 17.1. The van der Waals surface area contributed by atoms with Crippen LogP contribution in [0.3, 0.4) is 0 Å². The highest BCUT2D eigenvalue weighted by atomic mass is 35.5. The summed E-state index contributed by atoms with van der Waals surface area (Å²) < 4.78 is 6.89. The smallest absolute Gasteiger partial charge is 0.266 e. The van der Waals surface area contributed by atoms with Crippen LogP contribution in [0.2, 0.25) is 5.02 Å². The lowest BCUT2D eigenvalue weighted by molar-refractivity contribution is -0.122. The molecule has 1 unspecified atom stereocenters. The molecule has 1 N–H and O–H groups in total. The first kappa shape index (κ1) is 20.6. The minimum absolute atomic E-state index is 0.226. The van der Waals surface area contributed by atoms with Gasteiger partial charge in [-0.2, -0.15) is 0 Å². The molecule has 0 bridgehead atoms. The predicted molar refractivity (Wildman–Crippen MR) is 118 cm³/mol. The van der Waals surface area contributed by atoms with Crippen molar-refractivity contribution in [2.75, 3.05) is 5.32 Å². The van der Waals surface area contributed by atoms with Crippen molar-refractivity contribution in [3.8, 4) is 5.75 Å². The Morgan fingerprint density at radius 1 is 1.25 bits per heavy atom. The summed E-state index contributed by atoms with van der Waals surface area (Å²) in [5.74, 6) is 0.405. The van der Waals surface area contributed by atoms with Gasteiger partial charge in [0.05, 0.1) is 10.2 Å². The van der Waals surface area contributed by atoms with Crippen LogP contribution in [0, 0.1) is 13.8 Å². The van der Waals surface area contributed by atoms with Gasteiger partial charge in [-0.05, 0) is 74.6 Å². The second-order valence-corrected chi connectivity index (χ2v) is 8.45. The molecule has 6 heteroatoms. The number of carbonyl (C=O) groups excluding carboxylic acids is 1. The number of rotatable bonds is 7. The molecule has 0 aliphatic carbocycles. The monoisotopic (exact) mass is 416 g/mol. The number of amides is 1. The molecule has 0 radical (unpaired) electrons. The van der Waals surface area contributed by atoms with Gasteiger partial charge in [0.2, 0.25) is 0 Å². The number of halogens is 1. The Kier molecular flexibility index (Phi) is 6.57. The van der Waals surface area contributed by atoms with Crippen molar-refractivity contribution in [2.45, 2.75) is 53.1 Å². The molecule has 1 aromatic heterocycles. The summed E-state index contributed by atoms with van der Waals surface area (Å²) in [6, 6.07) is 9.98.